The number of unbranched alkanes of at least 4 members (excludes halogenated alkanes) is 18. The molecular weight excluding hydrogens is 458 g/mol. The monoisotopic (exact) mass is 525 g/mol. The van der Waals surface area contributed by atoms with Crippen LogP contribution in [-0.2, 0) is 9.59 Å². The Balaban J connectivity index is 3.57. The molecule has 0 aromatic heterocycles. The van der Waals surface area contributed by atoms with Crippen molar-refractivity contribution in [3.63, 3.8) is 0 Å². The van der Waals surface area contributed by atoms with Crippen LogP contribution in [0.5, 0.6) is 0 Å². The first-order valence-corrected chi connectivity index (χ1v) is 16.3. The van der Waals surface area contributed by atoms with Crippen LogP contribution in [0.3, 0.4) is 0 Å². The van der Waals surface area contributed by atoms with Gasteiger partial charge in [0.2, 0.25) is 11.8 Å². The molecule has 5 heteroatoms. The summed E-state index contributed by atoms with van der Waals surface area (Å²) >= 11 is 0. The van der Waals surface area contributed by atoms with Crippen molar-refractivity contribution in [3.8, 4) is 0 Å². The molecule has 0 aromatic carbocycles. The fraction of sp³-hybridized carbons (Fsp3) is 0.938. The molecule has 0 fully saturated rings. The number of carbonyl (C=O) groups excluding carboxylic acids is 2. The molecule has 2 N–H and O–H groups in total. The lowest BCUT2D eigenvalue weighted by molar-refractivity contribution is -0.889. The average Bonchev–Trinajstić information content (AvgIpc) is 2.88. The maximum Gasteiger partial charge on any atom is 0.225 e. The Hall–Kier alpha value is -1.10. The first kappa shape index (κ1) is 35.9. The molecule has 0 aromatic rings. The second-order valence-corrected chi connectivity index (χ2v) is 11.9. The summed E-state index contributed by atoms with van der Waals surface area (Å²) in [6.07, 6.45) is 27.3. The summed E-state index contributed by atoms with van der Waals surface area (Å²) in [5, 5.41) is 6.16. The van der Waals surface area contributed by atoms with Crippen LogP contribution >= 0.6 is 0 Å². The highest BCUT2D eigenvalue weighted by molar-refractivity contribution is 5.76. The van der Waals surface area contributed by atoms with Gasteiger partial charge in [0.05, 0.1) is 40.0 Å². The molecule has 0 spiro atoms. The zero-order chi connectivity index (χ0) is 27.5. The molecule has 5 nitrogen and oxygen atoms in total. The van der Waals surface area contributed by atoms with E-state index >= 15 is 0 Å². The van der Waals surface area contributed by atoms with Crippen LogP contribution in [0, 0.1) is 0 Å². The third-order valence-electron chi connectivity index (χ3n) is 7.59. The minimum absolute atomic E-state index is 0.146. The molecule has 0 aliphatic carbocycles. The predicted octanol–water partition coefficient (Wildman–Crippen LogP) is 7.92. The van der Waals surface area contributed by atoms with Crippen molar-refractivity contribution in [1.29, 1.82) is 0 Å². The number of quaternary nitrogens is 1. The summed E-state index contributed by atoms with van der Waals surface area (Å²) < 4.78 is 0.706. The summed E-state index contributed by atoms with van der Waals surface area (Å²) in [5.74, 6) is 0.292. The molecule has 0 saturated carbocycles. The summed E-state index contributed by atoms with van der Waals surface area (Å²) in [6, 6.07) is 0. The van der Waals surface area contributed by atoms with Crippen molar-refractivity contribution in [2.45, 2.75) is 155 Å². The lowest BCUT2D eigenvalue weighted by atomic mass is 10.1. The minimum atomic E-state index is 0.146. The van der Waals surface area contributed by atoms with Gasteiger partial charge in [0.15, 0.2) is 0 Å². The molecule has 0 aliphatic heterocycles. The summed E-state index contributed by atoms with van der Waals surface area (Å²) in [4.78, 5) is 24.4. The summed E-state index contributed by atoms with van der Waals surface area (Å²) in [5.41, 5.74) is 0. The molecule has 0 unspecified atom stereocenters. The zero-order valence-electron chi connectivity index (χ0n) is 25.6. The van der Waals surface area contributed by atoms with Gasteiger partial charge < -0.3 is 15.1 Å². The zero-order valence-corrected chi connectivity index (χ0v) is 25.6. The second-order valence-electron chi connectivity index (χ2n) is 11.9. The molecule has 220 valence electrons. The number of carbonyl (C=O) groups is 2. The Morgan fingerprint density at radius 2 is 0.730 bits per heavy atom. The van der Waals surface area contributed by atoms with Gasteiger partial charge in [-0.25, -0.2) is 0 Å². The van der Waals surface area contributed by atoms with E-state index in [9.17, 15) is 9.59 Å². The minimum Gasteiger partial charge on any atom is -0.356 e. The highest BCUT2D eigenvalue weighted by Gasteiger charge is 2.18. The maximum absolute atomic E-state index is 12.2. The average molecular weight is 525 g/mol. The molecular formula is C32H66N3O2+. The first-order chi connectivity index (χ1) is 17.9. The highest BCUT2D eigenvalue weighted by atomic mass is 16.2. The number of hydrogen-bond acceptors (Lipinski definition) is 2. The van der Waals surface area contributed by atoms with Crippen molar-refractivity contribution < 1.29 is 14.1 Å². The molecule has 0 bridgehead atoms. The first-order valence-electron chi connectivity index (χ1n) is 16.3. The van der Waals surface area contributed by atoms with Crippen molar-refractivity contribution in [3.05, 3.63) is 0 Å². The normalized spacial score (nSPS) is 11.6. The van der Waals surface area contributed by atoms with Gasteiger partial charge in [-0.15, -0.1) is 0 Å². The van der Waals surface area contributed by atoms with Crippen LogP contribution in [0.15, 0.2) is 0 Å². The van der Waals surface area contributed by atoms with Crippen molar-refractivity contribution in [2.75, 3.05) is 40.3 Å². The van der Waals surface area contributed by atoms with Crippen molar-refractivity contribution in [2.24, 2.45) is 0 Å². The van der Waals surface area contributed by atoms with E-state index in [2.05, 4.69) is 38.6 Å². The Morgan fingerprint density at radius 3 is 1.03 bits per heavy atom. The number of nitrogens with zero attached hydrogens (tertiary/aromatic N) is 1. The predicted molar refractivity (Wildman–Crippen MR) is 161 cm³/mol. The molecule has 0 heterocycles. The fourth-order valence-corrected chi connectivity index (χ4v) is 4.78. The van der Waals surface area contributed by atoms with E-state index in [1.165, 1.54) is 116 Å². The van der Waals surface area contributed by atoms with E-state index in [1.807, 2.05) is 0 Å². The maximum atomic E-state index is 12.2. The summed E-state index contributed by atoms with van der Waals surface area (Å²) in [6.45, 7) is 7.67. The number of amides is 2. The lowest BCUT2D eigenvalue weighted by Crippen LogP contribution is -2.44. The molecule has 0 rings (SSSR count). The molecule has 0 saturated heterocycles. The van der Waals surface area contributed by atoms with Crippen molar-refractivity contribution >= 4 is 11.8 Å². The molecule has 0 aliphatic rings. The molecule has 2 amide bonds. The van der Waals surface area contributed by atoms with Crippen LogP contribution < -0.4 is 10.6 Å². The van der Waals surface area contributed by atoms with Crippen LogP contribution in [0.2, 0.25) is 0 Å². The van der Waals surface area contributed by atoms with E-state index in [0.717, 1.165) is 39.0 Å². The van der Waals surface area contributed by atoms with Crippen LogP contribution in [0.25, 0.3) is 0 Å². The van der Waals surface area contributed by atoms with Gasteiger partial charge in [-0.1, -0.05) is 129 Å². The van der Waals surface area contributed by atoms with Gasteiger partial charge in [0.25, 0.3) is 0 Å². The van der Waals surface area contributed by atoms with E-state index in [-0.39, 0.29) is 11.8 Å². The van der Waals surface area contributed by atoms with E-state index < -0.39 is 0 Å². The van der Waals surface area contributed by atoms with Gasteiger partial charge in [-0.2, -0.15) is 0 Å². The second kappa shape index (κ2) is 26.5. The van der Waals surface area contributed by atoms with Gasteiger partial charge in [0, 0.05) is 13.1 Å². The largest absolute Gasteiger partial charge is 0.356 e. The molecule has 0 radical (unpaired) electrons. The highest BCUT2D eigenvalue weighted by Crippen LogP contribution is 2.11. The quantitative estimate of drug-likeness (QED) is 0.0806. The van der Waals surface area contributed by atoms with Crippen LogP contribution in [0.1, 0.15) is 155 Å². The van der Waals surface area contributed by atoms with Gasteiger partial charge in [-0.05, 0) is 12.8 Å². The number of rotatable bonds is 28. The Labute approximate surface area is 231 Å². The van der Waals surface area contributed by atoms with E-state index in [1.54, 1.807) is 0 Å². The topological polar surface area (TPSA) is 58.2 Å². The lowest BCUT2D eigenvalue weighted by Gasteiger charge is -2.29. The third-order valence-corrected chi connectivity index (χ3v) is 7.59. The third kappa shape index (κ3) is 27.7. The summed E-state index contributed by atoms with van der Waals surface area (Å²) in [7, 11) is 4.23. The Bertz CT molecular complexity index is 478. The Morgan fingerprint density at radius 1 is 0.459 bits per heavy atom. The standard InChI is InChI=1S/C32H65N3O2/c1-5-7-9-11-13-15-17-19-21-23-27-33-31(36)25-29-35(3,4)30-26-32(37)34-28-24-22-20-18-16-14-12-10-8-6-2/h5-30H2,1-4H3,(H-,33,34,36,37)/p+1. The van der Waals surface area contributed by atoms with Crippen LogP contribution in [-0.4, -0.2) is 56.6 Å². The number of nitrogens with one attached hydrogen (secondary N) is 2. The SMILES string of the molecule is CCCCCCCCCCCCNC(=O)CC[N+](C)(C)CCC(=O)NCCCCCCCCCCCC. The van der Waals surface area contributed by atoms with Gasteiger partial charge in [-0.3, -0.25) is 9.59 Å². The smallest absolute Gasteiger partial charge is 0.225 e. The number of hydrogen-bond donors (Lipinski definition) is 2. The van der Waals surface area contributed by atoms with Gasteiger partial charge >= 0.3 is 0 Å². The molecule has 0 atom stereocenters. The van der Waals surface area contributed by atoms with Gasteiger partial charge in [0.1, 0.15) is 0 Å². The fourth-order valence-electron chi connectivity index (χ4n) is 4.78. The Kier molecular flexibility index (Phi) is 25.7. The van der Waals surface area contributed by atoms with E-state index in [0.29, 0.717) is 17.3 Å². The van der Waals surface area contributed by atoms with Crippen molar-refractivity contribution in [1.82, 2.24) is 10.6 Å². The molecule has 37 heavy (non-hydrogen) atoms. The van der Waals surface area contributed by atoms with Crippen LogP contribution in [0.4, 0.5) is 0 Å². The van der Waals surface area contributed by atoms with E-state index in [4.69, 9.17) is 0 Å².